The van der Waals surface area contributed by atoms with Gasteiger partial charge in [0.2, 0.25) is 0 Å². The smallest absolute Gasteiger partial charge is 0.339 e. The van der Waals surface area contributed by atoms with Crippen molar-refractivity contribution in [1.82, 2.24) is 9.78 Å². The molecule has 5 heteroatoms. The van der Waals surface area contributed by atoms with E-state index in [2.05, 4.69) is 5.10 Å². The molecule has 1 heterocycles. The van der Waals surface area contributed by atoms with Gasteiger partial charge in [-0.15, -0.1) is 0 Å². The maximum Gasteiger partial charge on any atom is 0.339 e. The van der Waals surface area contributed by atoms with Crippen molar-refractivity contribution >= 4 is 5.97 Å². The molecule has 2 rings (SSSR count). The Balaban J connectivity index is 2.53. The van der Waals surface area contributed by atoms with Gasteiger partial charge in [-0.2, -0.15) is 10.4 Å². The number of benzene rings is 1. The minimum Gasteiger partial charge on any atom is -0.478 e. The van der Waals surface area contributed by atoms with Crippen LogP contribution in [-0.4, -0.2) is 20.9 Å². The van der Waals surface area contributed by atoms with Crippen molar-refractivity contribution in [3.05, 3.63) is 41.6 Å². The van der Waals surface area contributed by atoms with Crippen LogP contribution in [0.5, 0.6) is 0 Å². The molecule has 0 aliphatic rings. The normalized spacial score (nSPS) is 10.1. The summed E-state index contributed by atoms with van der Waals surface area (Å²) in [4.78, 5) is 11.2. The van der Waals surface area contributed by atoms with E-state index in [1.807, 2.05) is 13.0 Å². The average molecular weight is 255 g/mol. The molecule has 0 saturated heterocycles. The van der Waals surface area contributed by atoms with Gasteiger partial charge in [0.15, 0.2) is 0 Å². The van der Waals surface area contributed by atoms with Gasteiger partial charge in [-0.05, 0) is 18.6 Å². The molecule has 0 unspecified atom stereocenters. The third-order valence-corrected chi connectivity index (χ3v) is 2.71. The zero-order valence-corrected chi connectivity index (χ0v) is 10.5. The Morgan fingerprint density at radius 1 is 1.53 bits per heavy atom. The lowest BCUT2D eigenvalue weighted by Crippen LogP contribution is -1.97. The number of nitrogens with zero attached hydrogens (tertiary/aromatic N) is 3. The van der Waals surface area contributed by atoms with E-state index in [9.17, 15) is 9.90 Å². The van der Waals surface area contributed by atoms with Crippen LogP contribution in [0.1, 0.15) is 29.3 Å². The van der Waals surface area contributed by atoms with E-state index >= 15 is 0 Å². The number of aromatic carboxylic acids is 1. The van der Waals surface area contributed by atoms with Crippen LogP contribution in [0, 0.1) is 11.3 Å². The number of carboxylic acids is 1. The molecule has 0 fully saturated rings. The molecule has 0 bridgehead atoms. The van der Waals surface area contributed by atoms with Gasteiger partial charge in [0.05, 0.1) is 11.6 Å². The summed E-state index contributed by atoms with van der Waals surface area (Å²) in [7, 11) is 0. The number of hydrogen-bond acceptors (Lipinski definition) is 3. The van der Waals surface area contributed by atoms with Crippen molar-refractivity contribution in [1.29, 1.82) is 5.26 Å². The molecule has 1 N–H and O–H groups in total. The zero-order valence-electron chi connectivity index (χ0n) is 10.5. The largest absolute Gasteiger partial charge is 0.478 e. The Bertz CT molecular complexity index is 653. The van der Waals surface area contributed by atoms with E-state index in [1.54, 1.807) is 28.9 Å². The van der Waals surface area contributed by atoms with E-state index in [4.69, 9.17) is 5.26 Å². The molecule has 1 aromatic carbocycles. The fourth-order valence-electron chi connectivity index (χ4n) is 1.87. The van der Waals surface area contributed by atoms with Crippen LogP contribution in [-0.2, 0) is 6.54 Å². The van der Waals surface area contributed by atoms with Crippen LogP contribution in [0.3, 0.4) is 0 Å². The van der Waals surface area contributed by atoms with Crippen LogP contribution >= 0.6 is 0 Å². The van der Waals surface area contributed by atoms with E-state index < -0.39 is 5.97 Å². The molecular weight excluding hydrogens is 242 g/mol. The first kappa shape index (κ1) is 12.8. The van der Waals surface area contributed by atoms with Crippen molar-refractivity contribution in [2.45, 2.75) is 19.9 Å². The van der Waals surface area contributed by atoms with Crippen LogP contribution in [0.15, 0.2) is 30.5 Å². The van der Waals surface area contributed by atoms with Gasteiger partial charge in [0.1, 0.15) is 11.3 Å². The summed E-state index contributed by atoms with van der Waals surface area (Å²) in [5, 5.41) is 22.4. The molecule has 0 aliphatic carbocycles. The first-order chi connectivity index (χ1) is 9.15. The van der Waals surface area contributed by atoms with Crippen LogP contribution in [0.2, 0.25) is 0 Å². The molecule has 0 aliphatic heterocycles. The molecule has 0 saturated carbocycles. The molecular formula is C14H13N3O2. The minimum atomic E-state index is -1.01. The highest BCUT2D eigenvalue weighted by Crippen LogP contribution is 2.23. The van der Waals surface area contributed by atoms with Gasteiger partial charge in [0, 0.05) is 18.3 Å². The zero-order chi connectivity index (χ0) is 13.8. The van der Waals surface area contributed by atoms with E-state index in [-0.39, 0.29) is 5.56 Å². The lowest BCUT2D eigenvalue weighted by atomic mass is 10.1. The second kappa shape index (κ2) is 5.36. The third-order valence-electron chi connectivity index (χ3n) is 2.71. The molecule has 19 heavy (non-hydrogen) atoms. The summed E-state index contributed by atoms with van der Waals surface area (Å²) < 4.78 is 1.62. The van der Waals surface area contributed by atoms with Crippen LogP contribution in [0.25, 0.3) is 11.3 Å². The van der Waals surface area contributed by atoms with Gasteiger partial charge >= 0.3 is 5.97 Å². The second-order valence-corrected chi connectivity index (χ2v) is 4.15. The molecule has 96 valence electrons. The highest BCUT2D eigenvalue weighted by Gasteiger charge is 2.17. The van der Waals surface area contributed by atoms with Gasteiger partial charge in [0.25, 0.3) is 0 Å². The highest BCUT2D eigenvalue weighted by molar-refractivity contribution is 5.94. The summed E-state index contributed by atoms with van der Waals surface area (Å²) >= 11 is 0. The van der Waals surface area contributed by atoms with Crippen molar-refractivity contribution < 1.29 is 9.90 Å². The summed E-state index contributed by atoms with van der Waals surface area (Å²) in [6, 6.07) is 8.83. The van der Waals surface area contributed by atoms with Gasteiger partial charge in [-0.3, -0.25) is 4.68 Å². The van der Waals surface area contributed by atoms with Crippen molar-refractivity contribution in [2.75, 3.05) is 0 Å². The van der Waals surface area contributed by atoms with Crippen LogP contribution < -0.4 is 0 Å². The van der Waals surface area contributed by atoms with Gasteiger partial charge in [-0.1, -0.05) is 19.1 Å². The average Bonchev–Trinajstić information content (AvgIpc) is 2.83. The number of rotatable bonds is 4. The van der Waals surface area contributed by atoms with Crippen molar-refractivity contribution in [3.63, 3.8) is 0 Å². The Morgan fingerprint density at radius 2 is 2.32 bits per heavy atom. The predicted molar refractivity (Wildman–Crippen MR) is 69.6 cm³/mol. The number of aryl methyl sites for hydroxylation is 1. The number of carbonyl (C=O) groups is 1. The van der Waals surface area contributed by atoms with Crippen molar-refractivity contribution in [3.8, 4) is 17.3 Å². The quantitative estimate of drug-likeness (QED) is 0.910. The highest BCUT2D eigenvalue weighted by atomic mass is 16.4. The number of aromatic nitrogens is 2. The SMILES string of the molecule is CCCn1cc(C(=O)O)c(-c2cccc(C#N)c2)n1. The molecule has 2 aromatic rings. The third kappa shape index (κ3) is 2.63. The monoisotopic (exact) mass is 255 g/mol. The number of nitriles is 1. The fraction of sp³-hybridized carbons (Fsp3) is 0.214. The molecule has 0 spiro atoms. The van der Waals surface area contributed by atoms with E-state index in [0.29, 0.717) is 23.4 Å². The van der Waals surface area contributed by atoms with E-state index in [0.717, 1.165) is 6.42 Å². The second-order valence-electron chi connectivity index (χ2n) is 4.15. The van der Waals surface area contributed by atoms with E-state index in [1.165, 1.54) is 6.20 Å². The van der Waals surface area contributed by atoms with Crippen molar-refractivity contribution in [2.24, 2.45) is 0 Å². The predicted octanol–water partition coefficient (Wildman–Crippen LogP) is 2.53. The standard InChI is InChI=1S/C14H13N3O2/c1-2-6-17-9-12(14(18)19)13(16-17)11-5-3-4-10(7-11)8-15/h3-5,7,9H,2,6H2,1H3,(H,18,19). The van der Waals surface area contributed by atoms with Gasteiger partial charge in [-0.25, -0.2) is 4.79 Å². The Hall–Kier alpha value is -2.61. The summed E-state index contributed by atoms with van der Waals surface area (Å²) in [5.41, 5.74) is 1.69. The topological polar surface area (TPSA) is 78.9 Å². The maximum absolute atomic E-state index is 11.2. The first-order valence-electron chi connectivity index (χ1n) is 5.97. The van der Waals surface area contributed by atoms with Gasteiger partial charge < -0.3 is 5.11 Å². The summed E-state index contributed by atoms with van der Waals surface area (Å²) in [6.07, 6.45) is 2.40. The molecule has 5 nitrogen and oxygen atoms in total. The maximum atomic E-state index is 11.2. The summed E-state index contributed by atoms with van der Waals surface area (Å²) in [6.45, 7) is 2.66. The summed E-state index contributed by atoms with van der Waals surface area (Å²) in [5.74, 6) is -1.01. The first-order valence-corrected chi connectivity index (χ1v) is 5.97. The fourth-order valence-corrected chi connectivity index (χ4v) is 1.87. The lowest BCUT2D eigenvalue weighted by molar-refractivity contribution is 0.0697. The lowest BCUT2D eigenvalue weighted by Gasteiger charge is -1.99. The Morgan fingerprint density at radius 3 is 2.95 bits per heavy atom. The van der Waals surface area contributed by atoms with Crippen LogP contribution in [0.4, 0.5) is 0 Å². The molecule has 0 atom stereocenters. The number of hydrogen-bond donors (Lipinski definition) is 1. The molecule has 0 amide bonds. The Kier molecular flexibility index (Phi) is 3.62. The molecule has 1 aromatic heterocycles. The molecule has 0 radical (unpaired) electrons. The minimum absolute atomic E-state index is 0.156. The Labute approximate surface area is 110 Å². The number of carboxylic acid groups (broad SMARTS) is 1.